The molecular formula is C15H30O4. The number of hydrogen-bond acceptors (Lipinski definition) is 4. The molecule has 0 aromatic rings. The van der Waals surface area contributed by atoms with Gasteiger partial charge in [0.1, 0.15) is 0 Å². The largest absolute Gasteiger partial charge is 0.466 e. The molecule has 0 unspecified atom stereocenters. The maximum absolute atomic E-state index is 11.3. The number of unbranched alkanes of at least 4 members (excludes halogenated alkanes) is 2. The zero-order valence-corrected chi connectivity index (χ0v) is 12.8. The first-order valence-corrected chi connectivity index (χ1v) is 7.48. The lowest BCUT2D eigenvalue weighted by molar-refractivity contribution is -0.144. The van der Waals surface area contributed by atoms with Crippen LogP contribution >= 0.6 is 0 Å². The first kappa shape index (κ1) is 18.4. The van der Waals surface area contributed by atoms with Gasteiger partial charge in [-0.3, -0.25) is 4.79 Å². The molecule has 0 bridgehead atoms. The van der Waals surface area contributed by atoms with E-state index in [1.807, 2.05) is 0 Å². The van der Waals surface area contributed by atoms with Crippen LogP contribution in [-0.2, 0) is 19.0 Å². The Morgan fingerprint density at radius 3 is 2.37 bits per heavy atom. The lowest BCUT2D eigenvalue weighted by Crippen LogP contribution is -2.10. The van der Waals surface area contributed by atoms with Crippen LogP contribution in [0.5, 0.6) is 0 Å². The van der Waals surface area contributed by atoms with Crippen LogP contribution in [0.3, 0.4) is 0 Å². The van der Waals surface area contributed by atoms with Gasteiger partial charge in [-0.05, 0) is 18.8 Å². The Bertz CT molecular complexity index is 204. The monoisotopic (exact) mass is 274 g/mol. The zero-order valence-electron chi connectivity index (χ0n) is 12.8. The van der Waals surface area contributed by atoms with Crippen LogP contribution in [0, 0.1) is 5.92 Å². The first-order valence-electron chi connectivity index (χ1n) is 7.48. The average Bonchev–Trinajstić information content (AvgIpc) is 2.37. The van der Waals surface area contributed by atoms with Crippen LogP contribution in [0.25, 0.3) is 0 Å². The zero-order chi connectivity index (χ0) is 14.3. The van der Waals surface area contributed by atoms with Crippen LogP contribution in [-0.4, -0.2) is 39.0 Å². The molecule has 19 heavy (non-hydrogen) atoms. The molecule has 4 nitrogen and oxygen atoms in total. The second-order valence-electron chi connectivity index (χ2n) is 5.11. The van der Waals surface area contributed by atoms with Gasteiger partial charge in [0, 0.05) is 19.6 Å². The summed E-state index contributed by atoms with van der Waals surface area (Å²) in [5.41, 5.74) is 0. The van der Waals surface area contributed by atoms with E-state index < -0.39 is 0 Å². The van der Waals surface area contributed by atoms with Crippen molar-refractivity contribution in [1.29, 1.82) is 0 Å². The Hall–Kier alpha value is -0.610. The van der Waals surface area contributed by atoms with Gasteiger partial charge in [0.15, 0.2) is 0 Å². The highest BCUT2D eigenvalue weighted by Crippen LogP contribution is 1.98. The lowest BCUT2D eigenvalue weighted by Gasteiger charge is -2.07. The topological polar surface area (TPSA) is 44.8 Å². The molecule has 0 fully saturated rings. The van der Waals surface area contributed by atoms with Crippen molar-refractivity contribution in [3.05, 3.63) is 0 Å². The van der Waals surface area contributed by atoms with E-state index in [1.165, 1.54) is 0 Å². The van der Waals surface area contributed by atoms with Gasteiger partial charge in [-0.1, -0.05) is 33.6 Å². The summed E-state index contributed by atoms with van der Waals surface area (Å²) < 4.78 is 15.9. The van der Waals surface area contributed by atoms with Crippen LogP contribution in [0.15, 0.2) is 0 Å². The Kier molecular flexibility index (Phi) is 13.4. The van der Waals surface area contributed by atoms with Gasteiger partial charge in [-0.25, -0.2) is 0 Å². The van der Waals surface area contributed by atoms with Crippen molar-refractivity contribution in [2.75, 3.05) is 33.0 Å². The van der Waals surface area contributed by atoms with Crippen LogP contribution in [0.2, 0.25) is 0 Å². The fourth-order valence-corrected chi connectivity index (χ4v) is 1.47. The van der Waals surface area contributed by atoms with Crippen molar-refractivity contribution in [2.24, 2.45) is 5.92 Å². The second kappa shape index (κ2) is 13.8. The third kappa shape index (κ3) is 15.3. The van der Waals surface area contributed by atoms with E-state index in [-0.39, 0.29) is 5.97 Å². The molecule has 0 aliphatic carbocycles. The molecule has 0 spiro atoms. The predicted octanol–water partition coefficient (Wildman–Crippen LogP) is 3.19. The molecule has 114 valence electrons. The van der Waals surface area contributed by atoms with Gasteiger partial charge in [-0.2, -0.15) is 0 Å². The molecule has 0 aromatic carbocycles. The highest BCUT2D eigenvalue weighted by Gasteiger charge is 2.02. The van der Waals surface area contributed by atoms with Gasteiger partial charge in [-0.15, -0.1) is 0 Å². The van der Waals surface area contributed by atoms with Gasteiger partial charge >= 0.3 is 5.97 Å². The van der Waals surface area contributed by atoms with Crippen LogP contribution in [0.1, 0.15) is 52.9 Å². The second-order valence-corrected chi connectivity index (χ2v) is 5.11. The van der Waals surface area contributed by atoms with Crippen molar-refractivity contribution in [1.82, 2.24) is 0 Å². The summed E-state index contributed by atoms with van der Waals surface area (Å²) in [4.78, 5) is 11.3. The molecule has 0 aliphatic heterocycles. The quantitative estimate of drug-likeness (QED) is 0.382. The molecule has 0 N–H and O–H groups in total. The smallest absolute Gasteiger partial charge is 0.305 e. The Morgan fingerprint density at radius 2 is 1.68 bits per heavy atom. The van der Waals surface area contributed by atoms with E-state index in [9.17, 15) is 4.79 Å². The first-order chi connectivity index (χ1) is 9.16. The summed E-state index contributed by atoms with van der Waals surface area (Å²) >= 11 is 0. The lowest BCUT2D eigenvalue weighted by atomic mass is 10.2. The minimum absolute atomic E-state index is 0.115. The fourth-order valence-electron chi connectivity index (χ4n) is 1.47. The average molecular weight is 274 g/mol. The highest BCUT2D eigenvalue weighted by atomic mass is 16.5. The van der Waals surface area contributed by atoms with E-state index in [2.05, 4.69) is 20.8 Å². The number of carbonyl (C=O) groups excluding carboxylic acids is 1. The van der Waals surface area contributed by atoms with E-state index in [4.69, 9.17) is 14.2 Å². The van der Waals surface area contributed by atoms with E-state index in [1.54, 1.807) is 0 Å². The molecule has 0 amide bonds. The van der Waals surface area contributed by atoms with Crippen LogP contribution in [0.4, 0.5) is 0 Å². The van der Waals surface area contributed by atoms with Crippen molar-refractivity contribution in [3.8, 4) is 0 Å². The normalized spacial score (nSPS) is 10.9. The summed E-state index contributed by atoms with van der Waals surface area (Å²) in [5, 5.41) is 0. The van der Waals surface area contributed by atoms with Crippen molar-refractivity contribution in [2.45, 2.75) is 52.9 Å². The number of carbonyl (C=O) groups is 1. The Morgan fingerprint density at radius 1 is 0.947 bits per heavy atom. The van der Waals surface area contributed by atoms with Gasteiger partial charge in [0.05, 0.1) is 19.8 Å². The van der Waals surface area contributed by atoms with Gasteiger partial charge in [0.25, 0.3) is 0 Å². The third-order valence-electron chi connectivity index (χ3n) is 2.50. The van der Waals surface area contributed by atoms with Gasteiger partial charge < -0.3 is 14.2 Å². The standard InChI is InChI=1S/C15H30O4/c1-4-5-6-10-19-15(16)8-7-9-17-11-12-18-13-14(2)3/h14H,4-13H2,1-3H3. The molecule has 0 saturated heterocycles. The summed E-state index contributed by atoms with van der Waals surface area (Å²) in [6.07, 6.45) is 4.39. The predicted molar refractivity (Wildman–Crippen MR) is 76.2 cm³/mol. The Balaban J connectivity index is 3.14. The molecule has 4 heteroatoms. The van der Waals surface area contributed by atoms with Crippen molar-refractivity contribution < 1.29 is 19.0 Å². The number of esters is 1. The van der Waals surface area contributed by atoms with Gasteiger partial charge in [0.2, 0.25) is 0 Å². The van der Waals surface area contributed by atoms with E-state index in [0.29, 0.717) is 38.8 Å². The third-order valence-corrected chi connectivity index (χ3v) is 2.50. The molecular weight excluding hydrogens is 244 g/mol. The van der Waals surface area contributed by atoms with E-state index in [0.717, 1.165) is 32.3 Å². The summed E-state index contributed by atoms with van der Waals surface area (Å²) in [6.45, 7) is 9.50. The molecule has 0 heterocycles. The fraction of sp³-hybridized carbons (Fsp3) is 0.933. The molecule has 0 saturated carbocycles. The minimum atomic E-state index is -0.115. The van der Waals surface area contributed by atoms with E-state index >= 15 is 0 Å². The summed E-state index contributed by atoms with van der Waals surface area (Å²) in [5.74, 6) is 0.443. The Labute approximate surface area is 117 Å². The number of hydrogen-bond donors (Lipinski definition) is 0. The molecule has 0 rings (SSSR count). The SMILES string of the molecule is CCCCCOC(=O)CCCOCCOCC(C)C. The number of ether oxygens (including phenoxy) is 3. The molecule has 0 aromatic heterocycles. The number of rotatable bonds is 13. The van der Waals surface area contributed by atoms with Crippen molar-refractivity contribution in [3.63, 3.8) is 0 Å². The van der Waals surface area contributed by atoms with Crippen molar-refractivity contribution >= 4 is 5.97 Å². The molecule has 0 radical (unpaired) electrons. The minimum Gasteiger partial charge on any atom is -0.466 e. The maximum Gasteiger partial charge on any atom is 0.305 e. The van der Waals surface area contributed by atoms with Crippen LogP contribution < -0.4 is 0 Å². The maximum atomic E-state index is 11.3. The highest BCUT2D eigenvalue weighted by molar-refractivity contribution is 5.69. The molecule has 0 aliphatic rings. The summed E-state index contributed by atoms with van der Waals surface area (Å²) in [7, 11) is 0. The molecule has 0 atom stereocenters. The summed E-state index contributed by atoms with van der Waals surface area (Å²) in [6, 6.07) is 0.